The first-order valence-electron chi connectivity index (χ1n) is 7.64. The lowest BCUT2D eigenvalue weighted by molar-refractivity contribution is -0.142. The fraction of sp³-hybridized carbons (Fsp3) is 0.933. The zero-order valence-electron chi connectivity index (χ0n) is 12.4. The highest BCUT2D eigenvalue weighted by molar-refractivity contribution is 5.67. The van der Waals surface area contributed by atoms with Crippen molar-refractivity contribution in [1.82, 2.24) is 0 Å². The van der Waals surface area contributed by atoms with Crippen LogP contribution in [0.5, 0.6) is 0 Å². The van der Waals surface area contributed by atoms with Gasteiger partial charge in [-0.25, -0.2) is 4.79 Å². The molecule has 0 unspecified atom stereocenters. The highest BCUT2D eigenvalue weighted by atomic mass is 16.5. The monoisotopic (exact) mass is 274 g/mol. The Labute approximate surface area is 117 Å². The van der Waals surface area contributed by atoms with Crippen molar-refractivity contribution in [3.8, 4) is 0 Å². The number of carboxylic acids is 1. The van der Waals surface area contributed by atoms with Crippen LogP contribution in [0.2, 0.25) is 0 Å². The van der Waals surface area contributed by atoms with Crippen molar-refractivity contribution in [3.63, 3.8) is 0 Å². The third-order valence-corrected chi connectivity index (χ3v) is 2.99. The molecule has 4 heteroatoms. The van der Waals surface area contributed by atoms with Crippen LogP contribution in [-0.4, -0.2) is 37.5 Å². The van der Waals surface area contributed by atoms with Crippen molar-refractivity contribution >= 4 is 5.97 Å². The molecule has 4 nitrogen and oxygen atoms in total. The van der Waals surface area contributed by atoms with Crippen LogP contribution in [0, 0.1) is 0 Å². The van der Waals surface area contributed by atoms with Crippen LogP contribution in [-0.2, 0) is 14.3 Å². The van der Waals surface area contributed by atoms with Gasteiger partial charge in [0.1, 0.15) is 6.61 Å². The Bertz CT molecular complexity index is 195. The molecule has 0 aliphatic heterocycles. The predicted molar refractivity (Wildman–Crippen MR) is 76.5 cm³/mol. The maximum absolute atomic E-state index is 10.2. The Kier molecular flexibility index (Phi) is 15.0. The molecule has 0 fully saturated rings. The highest BCUT2D eigenvalue weighted by Gasteiger charge is 1.96. The zero-order chi connectivity index (χ0) is 14.2. The largest absolute Gasteiger partial charge is 0.480 e. The number of aliphatic carboxylic acids is 1. The summed E-state index contributed by atoms with van der Waals surface area (Å²) in [5, 5.41) is 8.34. The Morgan fingerprint density at radius 1 is 0.789 bits per heavy atom. The molecule has 19 heavy (non-hydrogen) atoms. The van der Waals surface area contributed by atoms with Crippen molar-refractivity contribution in [2.45, 2.75) is 64.7 Å². The minimum atomic E-state index is -0.932. The van der Waals surface area contributed by atoms with Gasteiger partial charge >= 0.3 is 5.97 Å². The van der Waals surface area contributed by atoms with Gasteiger partial charge in [0.15, 0.2) is 0 Å². The van der Waals surface area contributed by atoms with Crippen molar-refractivity contribution < 1.29 is 19.4 Å². The first-order chi connectivity index (χ1) is 9.27. The van der Waals surface area contributed by atoms with E-state index in [1.165, 1.54) is 51.4 Å². The van der Waals surface area contributed by atoms with Gasteiger partial charge in [-0.1, -0.05) is 58.3 Å². The van der Waals surface area contributed by atoms with E-state index < -0.39 is 5.97 Å². The number of ether oxygens (including phenoxy) is 2. The van der Waals surface area contributed by atoms with Gasteiger partial charge in [0.25, 0.3) is 0 Å². The molecule has 114 valence electrons. The SMILES string of the molecule is CCCCCCCCCCCOCCOCC(=O)O. The second-order valence-electron chi connectivity index (χ2n) is 4.89. The van der Waals surface area contributed by atoms with E-state index in [2.05, 4.69) is 6.92 Å². The number of carbonyl (C=O) groups is 1. The maximum Gasteiger partial charge on any atom is 0.329 e. The number of hydrogen-bond donors (Lipinski definition) is 1. The minimum Gasteiger partial charge on any atom is -0.480 e. The predicted octanol–water partition coefficient (Wildman–Crippen LogP) is 3.64. The van der Waals surface area contributed by atoms with E-state index in [0.717, 1.165) is 13.0 Å². The normalized spacial score (nSPS) is 10.8. The first-order valence-corrected chi connectivity index (χ1v) is 7.64. The molecule has 0 aromatic heterocycles. The van der Waals surface area contributed by atoms with E-state index in [1.54, 1.807) is 0 Å². The summed E-state index contributed by atoms with van der Waals surface area (Å²) >= 11 is 0. The van der Waals surface area contributed by atoms with Crippen LogP contribution in [0.25, 0.3) is 0 Å². The highest BCUT2D eigenvalue weighted by Crippen LogP contribution is 2.09. The average Bonchev–Trinajstić information content (AvgIpc) is 2.39. The van der Waals surface area contributed by atoms with Crippen LogP contribution in [0.1, 0.15) is 64.7 Å². The zero-order valence-corrected chi connectivity index (χ0v) is 12.4. The average molecular weight is 274 g/mol. The smallest absolute Gasteiger partial charge is 0.329 e. The quantitative estimate of drug-likeness (QED) is 0.463. The van der Waals surface area contributed by atoms with Crippen molar-refractivity contribution in [2.24, 2.45) is 0 Å². The molecule has 0 spiro atoms. The van der Waals surface area contributed by atoms with E-state index in [9.17, 15) is 4.79 Å². The second-order valence-corrected chi connectivity index (χ2v) is 4.89. The van der Waals surface area contributed by atoms with Gasteiger partial charge in [-0.3, -0.25) is 0 Å². The third-order valence-electron chi connectivity index (χ3n) is 2.99. The summed E-state index contributed by atoms with van der Waals surface area (Å²) < 4.78 is 10.2. The summed E-state index contributed by atoms with van der Waals surface area (Å²) in [5.41, 5.74) is 0. The van der Waals surface area contributed by atoms with Gasteiger partial charge in [0.2, 0.25) is 0 Å². The number of hydrogen-bond acceptors (Lipinski definition) is 3. The summed E-state index contributed by atoms with van der Waals surface area (Å²) in [6.07, 6.45) is 11.8. The summed E-state index contributed by atoms with van der Waals surface area (Å²) in [4.78, 5) is 10.2. The Balaban J connectivity index is 2.93. The van der Waals surface area contributed by atoms with E-state index in [-0.39, 0.29) is 6.61 Å². The minimum absolute atomic E-state index is 0.235. The van der Waals surface area contributed by atoms with Crippen molar-refractivity contribution in [1.29, 1.82) is 0 Å². The molecule has 0 saturated heterocycles. The fourth-order valence-corrected chi connectivity index (χ4v) is 1.89. The molecule has 0 saturated carbocycles. The Morgan fingerprint density at radius 2 is 1.32 bits per heavy atom. The summed E-state index contributed by atoms with van der Waals surface area (Å²) in [7, 11) is 0. The van der Waals surface area contributed by atoms with Crippen LogP contribution in [0.15, 0.2) is 0 Å². The molecular weight excluding hydrogens is 244 g/mol. The molecule has 0 atom stereocenters. The Morgan fingerprint density at radius 3 is 1.89 bits per heavy atom. The number of unbranched alkanes of at least 4 members (excludes halogenated alkanes) is 8. The van der Waals surface area contributed by atoms with Gasteiger partial charge < -0.3 is 14.6 Å². The van der Waals surface area contributed by atoms with Gasteiger partial charge in [-0.15, -0.1) is 0 Å². The topological polar surface area (TPSA) is 55.8 Å². The van der Waals surface area contributed by atoms with Crippen LogP contribution in [0.3, 0.4) is 0 Å². The molecule has 1 N–H and O–H groups in total. The lowest BCUT2D eigenvalue weighted by atomic mass is 10.1. The van der Waals surface area contributed by atoms with Gasteiger partial charge in [0.05, 0.1) is 13.2 Å². The summed E-state index contributed by atoms with van der Waals surface area (Å²) in [6.45, 7) is 3.62. The Hall–Kier alpha value is -0.610. The fourth-order valence-electron chi connectivity index (χ4n) is 1.89. The van der Waals surface area contributed by atoms with Gasteiger partial charge in [-0.2, -0.15) is 0 Å². The molecule has 0 aliphatic rings. The van der Waals surface area contributed by atoms with E-state index >= 15 is 0 Å². The van der Waals surface area contributed by atoms with Gasteiger partial charge in [0, 0.05) is 6.61 Å². The van der Waals surface area contributed by atoms with Crippen LogP contribution < -0.4 is 0 Å². The lowest BCUT2D eigenvalue weighted by Crippen LogP contribution is -2.11. The molecule has 0 heterocycles. The number of carboxylic acid groups (broad SMARTS) is 1. The van der Waals surface area contributed by atoms with Gasteiger partial charge in [-0.05, 0) is 6.42 Å². The molecule has 0 radical (unpaired) electrons. The molecule has 0 aromatic rings. The third kappa shape index (κ3) is 17.4. The van der Waals surface area contributed by atoms with E-state index in [1.807, 2.05) is 0 Å². The number of rotatable bonds is 15. The van der Waals surface area contributed by atoms with Crippen LogP contribution in [0.4, 0.5) is 0 Å². The van der Waals surface area contributed by atoms with Crippen LogP contribution >= 0.6 is 0 Å². The van der Waals surface area contributed by atoms with Crippen molar-refractivity contribution in [2.75, 3.05) is 26.4 Å². The second kappa shape index (κ2) is 15.4. The standard InChI is InChI=1S/C15H30O4/c1-2-3-4-5-6-7-8-9-10-11-18-12-13-19-14-15(16)17/h2-14H2,1H3,(H,16,17). The molecule has 0 bridgehead atoms. The summed E-state index contributed by atoms with van der Waals surface area (Å²) in [5.74, 6) is -0.932. The molecule has 0 rings (SSSR count). The molecule has 0 aromatic carbocycles. The van der Waals surface area contributed by atoms with E-state index in [4.69, 9.17) is 14.6 Å². The maximum atomic E-state index is 10.2. The molecular formula is C15H30O4. The van der Waals surface area contributed by atoms with Crippen molar-refractivity contribution in [3.05, 3.63) is 0 Å². The summed E-state index contributed by atoms with van der Waals surface area (Å²) in [6, 6.07) is 0. The molecule has 0 aliphatic carbocycles. The van der Waals surface area contributed by atoms with E-state index in [0.29, 0.717) is 13.2 Å². The first kappa shape index (κ1) is 18.4. The molecule has 0 amide bonds. The lowest BCUT2D eigenvalue weighted by Gasteiger charge is -2.04.